The third kappa shape index (κ3) is 2.18. The minimum absolute atomic E-state index is 0.0586. The third-order valence-corrected chi connectivity index (χ3v) is 3.27. The Morgan fingerprint density at radius 1 is 1.32 bits per heavy atom. The zero-order valence-corrected chi connectivity index (χ0v) is 11.7. The lowest BCUT2D eigenvalue weighted by atomic mass is 10.0. The van der Waals surface area contributed by atoms with Crippen molar-refractivity contribution in [3.05, 3.63) is 29.3 Å². The van der Waals surface area contributed by atoms with Crippen LogP contribution in [0.25, 0.3) is 0 Å². The van der Waals surface area contributed by atoms with E-state index in [9.17, 15) is 4.79 Å². The minimum atomic E-state index is -0.0733. The van der Waals surface area contributed by atoms with Crippen LogP contribution in [0.15, 0.2) is 18.2 Å². The fourth-order valence-electron chi connectivity index (χ4n) is 2.27. The Kier molecular flexibility index (Phi) is 3.51. The van der Waals surface area contributed by atoms with Gasteiger partial charge in [-0.2, -0.15) is 0 Å². The molecule has 0 fully saturated rings. The number of hydrogen-bond donors (Lipinski definition) is 0. The molecule has 1 aliphatic rings. The highest BCUT2D eigenvalue weighted by atomic mass is 16.5. The predicted octanol–water partition coefficient (Wildman–Crippen LogP) is 2.79. The van der Waals surface area contributed by atoms with Gasteiger partial charge >= 0.3 is 0 Å². The van der Waals surface area contributed by atoms with Crippen molar-refractivity contribution in [3.63, 3.8) is 0 Å². The molecule has 4 nitrogen and oxygen atoms in total. The molecule has 0 bridgehead atoms. The first kappa shape index (κ1) is 13.5. The Bertz CT molecular complexity index is 546. The molecule has 19 heavy (non-hydrogen) atoms. The van der Waals surface area contributed by atoms with Crippen LogP contribution >= 0.6 is 0 Å². The van der Waals surface area contributed by atoms with E-state index in [4.69, 9.17) is 14.2 Å². The van der Waals surface area contributed by atoms with Gasteiger partial charge in [0.15, 0.2) is 17.3 Å². The van der Waals surface area contributed by atoms with Crippen LogP contribution in [0.3, 0.4) is 0 Å². The number of rotatable bonds is 4. The molecule has 0 aromatic heterocycles. The van der Waals surface area contributed by atoms with Gasteiger partial charge in [-0.15, -0.1) is 0 Å². The van der Waals surface area contributed by atoms with Crippen LogP contribution in [0.2, 0.25) is 0 Å². The number of methoxy groups -OCH3 is 2. The van der Waals surface area contributed by atoms with Gasteiger partial charge in [-0.05, 0) is 25.5 Å². The molecule has 0 saturated carbocycles. The van der Waals surface area contributed by atoms with Crippen LogP contribution in [0, 0.1) is 0 Å². The van der Waals surface area contributed by atoms with Crippen LogP contribution in [-0.2, 0) is 6.42 Å². The normalized spacial score (nSPS) is 16.5. The molecular weight excluding hydrogens is 244 g/mol. The molecule has 0 saturated heterocycles. The summed E-state index contributed by atoms with van der Waals surface area (Å²) >= 11 is 0. The van der Waals surface area contributed by atoms with Crippen LogP contribution in [-0.4, -0.2) is 26.1 Å². The smallest absolute Gasteiger partial charge is 0.204 e. The van der Waals surface area contributed by atoms with Gasteiger partial charge in [-0.1, -0.05) is 6.58 Å². The van der Waals surface area contributed by atoms with Gasteiger partial charge in [0.25, 0.3) is 0 Å². The zero-order valence-electron chi connectivity index (χ0n) is 11.7. The second-order valence-electron chi connectivity index (χ2n) is 4.69. The molecule has 1 heterocycles. The molecule has 0 aliphatic carbocycles. The molecule has 1 unspecified atom stereocenters. The molecule has 102 valence electrons. The van der Waals surface area contributed by atoms with E-state index in [-0.39, 0.29) is 11.9 Å². The van der Waals surface area contributed by atoms with E-state index in [1.807, 2.05) is 13.0 Å². The van der Waals surface area contributed by atoms with Crippen molar-refractivity contribution in [2.24, 2.45) is 0 Å². The summed E-state index contributed by atoms with van der Waals surface area (Å²) < 4.78 is 16.5. The van der Waals surface area contributed by atoms with Crippen molar-refractivity contribution in [1.29, 1.82) is 0 Å². The van der Waals surface area contributed by atoms with Crippen molar-refractivity contribution >= 4 is 5.78 Å². The van der Waals surface area contributed by atoms with Crippen LogP contribution in [0.1, 0.15) is 29.8 Å². The lowest BCUT2D eigenvalue weighted by molar-refractivity contribution is 0.101. The molecule has 1 aliphatic heterocycles. The van der Waals surface area contributed by atoms with Crippen molar-refractivity contribution in [3.8, 4) is 17.2 Å². The zero-order chi connectivity index (χ0) is 14.2. The molecule has 1 aromatic rings. The van der Waals surface area contributed by atoms with Crippen molar-refractivity contribution in [1.82, 2.24) is 0 Å². The summed E-state index contributed by atoms with van der Waals surface area (Å²) in [4.78, 5) is 11.7. The lowest BCUT2D eigenvalue weighted by Gasteiger charge is -2.15. The highest BCUT2D eigenvalue weighted by molar-refractivity contribution is 5.98. The maximum Gasteiger partial charge on any atom is 0.204 e. The number of benzene rings is 1. The van der Waals surface area contributed by atoms with E-state index in [1.54, 1.807) is 7.11 Å². The van der Waals surface area contributed by atoms with Crippen molar-refractivity contribution < 1.29 is 19.0 Å². The summed E-state index contributed by atoms with van der Waals surface area (Å²) in [6.07, 6.45) is 0.626. The number of carbonyl (C=O) groups excluding carboxylic acids is 1. The van der Waals surface area contributed by atoms with E-state index in [0.29, 0.717) is 29.2 Å². The second-order valence-corrected chi connectivity index (χ2v) is 4.69. The Balaban J connectivity index is 2.60. The number of carbonyl (C=O) groups is 1. The summed E-state index contributed by atoms with van der Waals surface area (Å²) in [7, 11) is 3.06. The quantitative estimate of drug-likeness (QED) is 0.618. The number of fused-ring (bicyclic) bond motifs is 1. The predicted molar refractivity (Wildman–Crippen MR) is 72.5 cm³/mol. The fourth-order valence-corrected chi connectivity index (χ4v) is 2.27. The Morgan fingerprint density at radius 3 is 2.42 bits per heavy atom. The Hall–Kier alpha value is -1.97. The van der Waals surface area contributed by atoms with Gasteiger partial charge in [-0.25, -0.2) is 0 Å². The van der Waals surface area contributed by atoms with E-state index in [1.165, 1.54) is 14.0 Å². The molecule has 0 amide bonds. The maximum absolute atomic E-state index is 11.7. The van der Waals surface area contributed by atoms with Gasteiger partial charge in [0.1, 0.15) is 6.10 Å². The van der Waals surface area contributed by atoms with Gasteiger partial charge in [0.05, 0.1) is 19.8 Å². The molecular formula is C15H18O4. The number of ketones is 1. The SMILES string of the molecule is C=C(C)C1Cc2cc(C(C)=O)c(OC)c(OC)c2O1. The van der Waals surface area contributed by atoms with E-state index >= 15 is 0 Å². The largest absolute Gasteiger partial charge is 0.492 e. The summed E-state index contributed by atoms with van der Waals surface area (Å²) in [5, 5.41) is 0. The monoisotopic (exact) mass is 262 g/mol. The topological polar surface area (TPSA) is 44.8 Å². The molecule has 2 rings (SSSR count). The lowest BCUT2D eigenvalue weighted by Crippen LogP contribution is -2.13. The number of ether oxygens (including phenoxy) is 3. The number of hydrogen-bond acceptors (Lipinski definition) is 4. The molecule has 0 radical (unpaired) electrons. The van der Waals surface area contributed by atoms with Gasteiger partial charge in [0.2, 0.25) is 5.75 Å². The van der Waals surface area contributed by atoms with Crippen LogP contribution in [0.4, 0.5) is 0 Å². The highest BCUT2D eigenvalue weighted by Gasteiger charge is 2.31. The standard InChI is InChI=1S/C15H18O4/c1-8(2)12-7-10-6-11(9(3)16)14(17-4)15(18-5)13(10)19-12/h6,12H,1,7H2,2-5H3. The molecule has 4 heteroatoms. The minimum Gasteiger partial charge on any atom is -0.492 e. The first-order valence-electron chi connectivity index (χ1n) is 6.10. The number of Topliss-reactive ketones (excluding diaryl/α,β-unsaturated/α-hetero) is 1. The Morgan fingerprint density at radius 2 is 1.95 bits per heavy atom. The summed E-state index contributed by atoms with van der Waals surface area (Å²) in [6, 6.07) is 1.82. The second kappa shape index (κ2) is 4.96. The summed E-state index contributed by atoms with van der Waals surface area (Å²) in [6.45, 7) is 7.34. The molecule has 1 aromatic carbocycles. The van der Waals surface area contributed by atoms with Crippen molar-refractivity contribution in [2.75, 3.05) is 14.2 Å². The molecule has 0 N–H and O–H groups in total. The van der Waals surface area contributed by atoms with Crippen molar-refractivity contribution in [2.45, 2.75) is 26.4 Å². The third-order valence-electron chi connectivity index (χ3n) is 3.27. The van der Waals surface area contributed by atoms with Gasteiger partial charge < -0.3 is 14.2 Å². The van der Waals surface area contributed by atoms with E-state index in [2.05, 4.69) is 6.58 Å². The molecule has 0 spiro atoms. The van der Waals surface area contributed by atoms with E-state index < -0.39 is 0 Å². The summed E-state index contributed by atoms with van der Waals surface area (Å²) in [5.41, 5.74) is 2.42. The van der Waals surface area contributed by atoms with E-state index in [0.717, 1.165) is 11.1 Å². The first-order chi connectivity index (χ1) is 8.99. The summed E-state index contributed by atoms with van der Waals surface area (Å²) in [5.74, 6) is 1.50. The maximum atomic E-state index is 11.7. The first-order valence-corrected chi connectivity index (χ1v) is 6.10. The highest BCUT2D eigenvalue weighted by Crippen LogP contribution is 2.47. The average molecular weight is 262 g/mol. The molecule has 1 atom stereocenters. The fraction of sp³-hybridized carbons (Fsp3) is 0.400. The Labute approximate surface area is 113 Å². The van der Waals surface area contributed by atoms with Crippen LogP contribution in [0.5, 0.6) is 17.2 Å². The van der Waals surface area contributed by atoms with Gasteiger partial charge in [0, 0.05) is 12.0 Å². The van der Waals surface area contributed by atoms with Gasteiger partial charge in [-0.3, -0.25) is 4.79 Å². The van der Waals surface area contributed by atoms with Crippen LogP contribution < -0.4 is 14.2 Å². The average Bonchev–Trinajstić information content (AvgIpc) is 2.79.